The topological polar surface area (TPSA) is 71.3 Å². The van der Waals surface area contributed by atoms with Crippen LogP contribution in [0.5, 0.6) is 0 Å². The van der Waals surface area contributed by atoms with Gasteiger partial charge in [0.2, 0.25) is 11.5 Å². The van der Waals surface area contributed by atoms with Crippen molar-refractivity contribution in [2.75, 3.05) is 6.54 Å². The van der Waals surface area contributed by atoms with Crippen molar-refractivity contribution in [2.24, 2.45) is 0 Å². The monoisotopic (exact) mass is 292 g/mol. The molecule has 5 heteroatoms. The summed E-state index contributed by atoms with van der Waals surface area (Å²) in [5.74, 6) is -0.0729. The third kappa shape index (κ3) is 5.01. The molecule has 0 bridgehead atoms. The highest BCUT2D eigenvalue weighted by Crippen LogP contribution is 2.32. The fraction of sp³-hybridized carbons (Fsp3) is 0.625. The van der Waals surface area contributed by atoms with Gasteiger partial charge in [0, 0.05) is 25.4 Å². The fourth-order valence-electron chi connectivity index (χ4n) is 2.85. The van der Waals surface area contributed by atoms with Crippen molar-refractivity contribution in [2.45, 2.75) is 57.1 Å². The van der Waals surface area contributed by atoms with Crippen LogP contribution in [0.4, 0.5) is 0 Å². The van der Waals surface area contributed by atoms with Crippen LogP contribution in [0.1, 0.15) is 44.9 Å². The molecule has 1 fully saturated rings. The molecule has 0 spiro atoms. The predicted octanol–water partition coefficient (Wildman–Crippen LogP) is 1.44. The van der Waals surface area contributed by atoms with Crippen LogP contribution >= 0.6 is 0 Å². The molecule has 1 aromatic rings. The maximum Gasteiger partial charge on any atom is 0.250 e. The Morgan fingerprint density at radius 1 is 1.29 bits per heavy atom. The number of hydrogen-bond donors (Lipinski definition) is 2. The average molecular weight is 292 g/mol. The number of aliphatic hydroxyl groups is 1. The highest BCUT2D eigenvalue weighted by Gasteiger charge is 2.33. The number of unbranched alkanes of at least 4 members (excludes halogenated alkanes) is 1. The van der Waals surface area contributed by atoms with Gasteiger partial charge in [0.1, 0.15) is 0 Å². The van der Waals surface area contributed by atoms with Crippen LogP contribution in [0, 0.1) is 0 Å². The molecule has 0 saturated heterocycles. The highest BCUT2D eigenvalue weighted by atomic mass is 16.3. The van der Waals surface area contributed by atoms with Crippen LogP contribution in [0.25, 0.3) is 0 Å². The smallest absolute Gasteiger partial charge is 0.250 e. The average Bonchev–Trinajstić information content (AvgIpc) is 2.86. The molecule has 0 aromatic carbocycles. The Balaban J connectivity index is 1.60. The Morgan fingerprint density at radius 3 is 2.76 bits per heavy atom. The second kappa shape index (κ2) is 7.41. The number of nitrogens with zero attached hydrogens (tertiary/aromatic N) is 1. The first kappa shape index (κ1) is 15.8. The van der Waals surface area contributed by atoms with Crippen LogP contribution < -0.4 is 10.9 Å². The van der Waals surface area contributed by atoms with E-state index < -0.39 is 5.60 Å². The first-order chi connectivity index (χ1) is 10.1. The molecule has 0 radical (unpaired) electrons. The summed E-state index contributed by atoms with van der Waals surface area (Å²) in [4.78, 5) is 23.3. The van der Waals surface area contributed by atoms with Gasteiger partial charge in [0.05, 0.1) is 12.0 Å². The van der Waals surface area contributed by atoms with Gasteiger partial charge in [-0.1, -0.05) is 18.9 Å². The summed E-state index contributed by atoms with van der Waals surface area (Å²) in [5.41, 5.74) is -0.772. The summed E-state index contributed by atoms with van der Waals surface area (Å²) in [5, 5.41) is 13.0. The lowest BCUT2D eigenvalue weighted by Crippen LogP contribution is -2.35. The molecule has 21 heavy (non-hydrogen) atoms. The lowest BCUT2D eigenvalue weighted by molar-refractivity contribution is -0.125. The number of pyridine rings is 1. The molecule has 1 saturated carbocycles. The lowest BCUT2D eigenvalue weighted by Gasteiger charge is -2.21. The zero-order valence-electron chi connectivity index (χ0n) is 12.4. The Bertz CT molecular complexity index is 518. The van der Waals surface area contributed by atoms with Gasteiger partial charge in [-0.3, -0.25) is 9.59 Å². The predicted molar refractivity (Wildman–Crippen MR) is 81.0 cm³/mol. The van der Waals surface area contributed by atoms with E-state index in [1.54, 1.807) is 22.9 Å². The Labute approximate surface area is 125 Å². The molecule has 1 aliphatic carbocycles. The van der Waals surface area contributed by atoms with E-state index in [0.29, 0.717) is 13.1 Å². The fourth-order valence-corrected chi connectivity index (χ4v) is 2.85. The molecule has 0 unspecified atom stereocenters. The van der Waals surface area contributed by atoms with Crippen molar-refractivity contribution in [1.29, 1.82) is 0 Å². The summed E-state index contributed by atoms with van der Waals surface area (Å²) in [7, 11) is 0. The van der Waals surface area contributed by atoms with Crippen LogP contribution in [-0.2, 0) is 11.3 Å². The summed E-state index contributed by atoms with van der Waals surface area (Å²) in [6.07, 6.45) is 7.14. The molecule has 1 aromatic heterocycles. The third-order valence-corrected chi connectivity index (χ3v) is 4.07. The van der Waals surface area contributed by atoms with Crippen LogP contribution in [-0.4, -0.2) is 27.7 Å². The molecular weight excluding hydrogens is 268 g/mol. The number of carbonyl (C=O) groups is 1. The van der Waals surface area contributed by atoms with E-state index in [0.717, 1.165) is 38.5 Å². The molecule has 116 valence electrons. The third-order valence-electron chi connectivity index (χ3n) is 4.07. The van der Waals surface area contributed by atoms with E-state index in [4.69, 9.17) is 0 Å². The quantitative estimate of drug-likeness (QED) is 0.747. The Morgan fingerprint density at radius 2 is 2.05 bits per heavy atom. The Hall–Kier alpha value is -1.62. The number of carbonyl (C=O) groups excluding carboxylic acids is 1. The number of aryl methyl sites for hydroxylation is 1. The molecule has 0 atom stereocenters. The van der Waals surface area contributed by atoms with Crippen molar-refractivity contribution in [3.63, 3.8) is 0 Å². The summed E-state index contributed by atoms with van der Waals surface area (Å²) < 4.78 is 1.67. The standard InChI is InChI=1S/C16H24N2O3/c19-14(13-16(21)8-2-3-9-16)17-10-4-6-12-18-11-5-1-7-15(18)20/h1,5,7,11,21H,2-4,6,8-10,12-13H2,(H,17,19). The molecule has 0 aliphatic heterocycles. The summed E-state index contributed by atoms with van der Waals surface area (Å²) in [6.45, 7) is 1.26. The van der Waals surface area contributed by atoms with Gasteiger partial charge in [0.15, 0.2) is 0 Å². The van der Waals surface area contributed by atoms with Gasteiger partial charge in [-0.25, -0.2) is 0 Å². The molecule has 1 amide bonds. The van der Waals surface area contributed by atoms with Crippen molar-refractivity contribution >= 4 is 5.91 Å². The van der Waals surface area contributed by atoms with Gasteiger partial charge in [-0.05, 0) is 31.7 Å². The number of amides is 1. The Kier molecular flexibility index (Phi) is 5.56. The molecule has 2 N–H and O–H groups in total. The van der Waals surface area contributed by atoms with E-state index in [1.807, 2.05) is 6.07 Å². The van der Waals surface area contributed by atoms with Crippen molar-refractivity contribution in [3.8, 4) is 0 Å². The number of rotatable bonds is 7. The van der Waals surface area contributed by atoms with Gasteiger partial charge < -0.3 is 15.0 Å². The maximum atomic E-state index is 11.8. The van der Waals surface area contributed by atoms with E-state index >= 15 is 0 Å². The van der Waals surface area contributed by atoms with Gasteiger partial charge in [0.25, 0.3) is 0 Å². The van der Waals surface area contributed by atoms with Crippen LogP contribution in [0.3, 0.4) is 0 Å². The SMILES string of the molecule is O=C(CC1(O)CCCC1)NCCCCn1ccccc1=O. The normalized spacial score (nSPS) is 16.8. The minimum atomic E-state index is -0.776. The first-order valence-corrected chi connectivity index (χ1v) is 7.74. The van der Waals surface area contributed by atoms with Crippen molar-refractivity contribution < 1.29 is 9.90 Å². The van der Waals surface area contributed by atoms with E-state index in [2.05, 4.69) is 5.32 Å². The first-order valence-electron chi connectivity index (χ1n) is 7.74. The lowest BCUT2D eigenvalue weighted by atomic mass is 9.98. The second-order valence-electron chi connectivity index (χ2n) is 5.90. The van der Waals surface area contributed by atoms with Crippen LogP contribution in [0.2, 0.25) is 0 Å². The maximum absolute atomic E-state index is 11.8. The van der Waals surface area contributed by atoms with E-state index in [1.165, 1.54) is 0 Å². The van der Waals surface area contributed by atoms with Gasteiger partial charge >= 0.3 is 0 Å². The summed E-state index contributed by atoms with van der Waals surface area (Å²) >= 11 is 0. The van der Waals surface area contributed by atoms with E-state index in [9.17, 15) is 14.7 Å². The number of hydrogen-bond acceptors (Lipinski definition) is 3. The zero-order valence-corrected chi connectivity index (χ0v) is 12.4. The molecular formula is C16H24N2O3. The molecule has 2 rings (SSSR count). The largest absolute Gasteiger partial charge is 0.389 e. The van der Waals surface area contributed by atoms with Gasteiger partial charge in [-0.15, -0.1) is 0 Å². The van der Waals surface area contributed by atoms with Gasteiger partial charge in [-0.2, -0.15) is 0 Å². The molecule has 5 nitrogen and oxygen atoms in total. The number of nitrogens with one attached hydrogen (secondary N) is 1. The highest BCUT2D eigenvalue weighted by molar-refractivity contribution is 5.77. The minimum Gasteiger partial charge on any atom is -0.389 e. The van der Waals surface area contributed by atoms with Crippen molar-refractivity contribution in [1.82, 2.24) is 9.88 Å². The zero-order chi connectivity index (χ0) is 15.1. The minimum absolute atomic E-state index is 0.00462. The number of aromatic nitrogens is 1. The van der Waals surface area contributed by atoms with E-state index in [-0.39, 0.29) is 17.9 Å². The second-order valence-corrected chi connectivity index (χ2v) is 5.90. The van der Waals surface area contributed by atoms with Crippen LogP contribution in [0.15, 0.2) is 29.2 Å². The molecule has 1 aliphatic rings. The molecule has 1 heterocycles. The van der Waals surface area contributed by atoms with Crippen molar-refractivity contribution in [3.05, 3.63) is 34.7 Å². The summed E-state index contributed by atoms with van der Waals surface area (Å²) in [6, 6.07) is 5.11.